The molecule has 0 atom stereocenters. The number of amides is 1. The summed E-state index contributed by atoms with van der Waals surface area (Å²) in [7, 11) is 0. The lowest BCUT2D eigenvalue weighted by Gasteiger charge is -2.08. The molecule has 0 heterocycles. The molecule has 0 aromatic heterocycles. The first-order valence-corrected chi connectivity index (χ1v) is 7.49. The molecule has 0 fully saturated rings. The van der Waals surface area contributed by atoms with Crippen LogP contribution in [0.2, 0.25) is 0 Å². The molecule has 19 heavy (non-hydrogen) atoms. The molecule has 0 saturated carbocycles. The van der Waals surface area contributed by atoms with Gasteiger partial charge in [0.1, 0.15) is 0 Å². The average molecular weight is 363 g/mol. The van der Waals surface area contributed by atoms with Gasteiger partial charge in [0.05, 0.1) is 5.56 Å². The summed E-state index contributed by atoms with van der Waals surface area (Å²) in [5.41, 5.74) is 4.42. The van der Waals surface area contributed by atoms with Crippen LogP contribution < -0.4 is 5.32 Å². The Hall–Kier alpha value is -1.36. The highest BCUT2D eigenvalue weighted by atomic mass is 127. The Morgan fingerprint density at radius 3 is 2.68 bits per heavy atom. The van der Waals surface area contributed by atoms with E-state index >= 15 is 0 Å². The van der Waals surface area contributed by atoms with Gasteiger partial charge in [-0.3, -0.25) is 4.79 Å². The van der Waals surface area contributed by atoms with Gasteiger partial charge in [0.25, 0.3) is 5.91 Å². The molecule has 96 valence electrons. The van der Waals surface area contributed by atoms with Crippen LogP contribution in [0.15, 0.2) is 42.5 Å². The average Bonchev–Trinajstić information content (AvgIpc) is 2.86. The summed E-state index contributed by atoms with van der Waals surface area (Å²) in [5, 5.41) is 2.99. The van der Waals surface area contributed by atoms with Gasteiger partial charge in [-0.2, -0.15) is 0 Å². The molecule has 0 bridgehead atoms. The zero-order valence-electron chi connectivity index (χ0n) is 10.4. The lowest BCUT2D eigenvalue weighted by molar-refractivity contribution is 0.102. The van der Waals surface area contributed by atoms with E-state index in [2.05, 4.69) is 40.0 Å². The second-order valence-corrected chi connectivity index (χ2v) is 5.93. The first-order valence-electron chi connectivity index (χ1n) is 6.42. The van der Waals surface area contributed by atoms with Gasteiger partial charge in [0.15, 0.2) is 0 Å². The third-order valence-corrected chi connectivity index (χ3v) is 4.42. The van der Waals surface area contributed by atoms with Gasteiger partial charge >= 0.3 is 0 Å². The number of halogens is 1. The van der Waals surface area contributed by atoms with Crippen LogP contribution in [0.5, 0.6) is 0 Å². The van der Waals surface area contributed by atoms with Gasteiger partial charge in [-0.1, -0.05) is 18.2 Å². The third kappa shape index (κ3) is 2.66. The second-order valence-electron chi connectivity index (χ2n) is 4.77. The lowest BCUT2D eigenvalue weighted by Crippen LogP contribution is -2.13. The third-order valence-electron chi connectivity index (χ3n) is 3.47. The van der Waals surface area contributed by atoms with Crippen molar-refractivity contribution in [1.29, 1.82) is 0 Å². The molecular weight excluding hydrogens is 349 g/mol. The molecule has 1 amide bonds. The number of hydrogen-bond donors (Lipinski definition) is 1. The fourth-order valence-electron chi connectivity index (χ4n) is 2.49. The Labute approximate surface area is 126 Å². The number of aryl methyl sites for hydroxylation is 2. The number of benzene rings is 2. The van der Waals surface area contributed by atoms with E-state index in [9.17, 15) is 4.79 Å². The summed E-state index contributed by atoms with van der Waals surface area (Å²) in [4.78, 5) is 12.2. The van der Waals surface area contributed by atoms with Crippen molar-refractivity contribution in [3.8, 4) is 0 Å². The molecule has 0 spiro atoms. The maximum Gasteiger partial charge on any atom is 0.256 e. The predicted octanol–water partition coefficient (Wildman–Crippen LogP) is 4.03. The number of anilines is 1. The van der Waals surface area contributed by atoms with Crippen LogP contribution in [-0.2, 0) is 12.8 Å². The molecule has 0 aliphatic heterocycles. The fourth-order valence-corrected chi connectivity index (χ4v) is 3.13. The van der Waals surface area contributed by atoms with Crippen molar-refractivity contribution in [2.75, 3.05) is 5.32 Å². The molecule has 1 aliphatic carbocycles. The van der Waals surface area contributed by atoms with E-state index in [1.54, 1.807) is 0 Å². The van der Waals surface area contributed by atoms with Crippen LogP contribution in [0.1, 0.15) is 27.9 Å². The standard InChI is InChI=1S/C16H14INO/c17-15-7-2-1-6-14(15)16(19)18-13-9-8-11-4-3-5-12(11)10-13/h1-2,6-10H,3-5H2,(H,18,19). The quantitative estimate of drug-likeness (QED) is 0.802. The molecule has 2 aromatic rings. The minimum Gasteiger partial charge on any atom is -0.322 e. The van der Waals surface area contributed by atoms with E-state index in [4.69, 9.17) is 0 Å². The highest BCUT2D eigenvalue weighted by Gasteiger charge is 2.13. The topological polar surface area (TPSA) is 29.1 Å². The molecule has 0 radical (unpaired) electrons. The molecule has 0 saturated heterocycles. The van der Waals surface area contributed by atoms with Gasteiger partial charge in [-0.15, -0.1) is 0 Å². The Balaban J connectivity index is 1.82. The van der Waals surface area contributed by atoms with E-state index in [0.29, 0.717) is 0 Å². The van der Waals surface area contributed by atoms with Crippen molar-refractivity contribution in [2.45, 2.75) is 19.3 Å². The first-order chi connectivity index (χ1) is 9.24. The van der Waals surface area contributed by atoms with E-state index in [0.717, 1.165) is 21.2 Å². The van der Waals surface area contributed by atoms with Crippen LogP contribution in [0, 0.1) is 3.57 Å². The minimum absolute atomic E-state index is 0.0389. The van der Waals surface area contributed by atoms with Crippen LogP contribution in [0.4, 0.5) is 5.69 Å². The van der Waals surface area contributed by atoms with Crippen LogP contribution >= 0.6 is 22.6 Å². The van der Waals surface area contributed by atoms with Crippen molar-refractivity contribution < 1.29 is 4.79 Å². The van der Waals surface area contributed by atoms with E-state index in [-0.39, 0.29) is 5.91 Å². The number of hydrogen-bond acceptors (Lipinski definition) is 1. The van der Waals surface area contributed by atoms with Crippen LogP contribution in [0.3, 0.4) is 0 Å². The summed E-state index contributed by atoms with van der Waals surface area (Å²) in [6.07, 6.45) is 3.52. The predicted molar refractivity (Wildman–Crippen MR) is 85.6 cm³/mol. The van der Waals surface area contributed by atoms with E-state index in [1.165, 1.54) is 24.0 Å². The summed E-state index contributed by atoms with van der Waals surface area (Å²) in [5.74, 6) is -0.0389. The fraction of sp³-hybridized carbons (Fsp3) is 0.188. The zero-order valence-corrected chi connectivity index (χ0v) is 12.6. The second kappa shape index (κ2) is 5.33. The van der Waals surface area contributed by atoms with Crippen LogP contribution in [0.25, 0.3) is 0 Å². The van der Waals surface area contributed by atoms with Crippen molar-refractivity contribution >= 4 is 34.2 Å². The van der Waals surface area contributed by atoms with Crippen molar-refractivity contribution in [2.24, 2.45) is 0 Å². The number of nitrogens with one attached hydrogen (secondary N) is 1. The van der Waals surface area contributed by atoms with Gasteiger partial charge in [0, 0.05) is 9.26 Å². The smallest absolute Gasteiger partial charge is 0.256 e. The van der Waals surface area contributed by atoms with Crippen molar-refractivity contribution in [3.05, 3.63) is 62.7 Å². The molecule has 1 aliphatic rings. The maximum absolute atomic E-state index is 12.2. The first kappa shape index (κ1) is 12.7. The molecule has 3 heteroatoms. The molecule has 2 nitrogen and oxygen atoms in total. The monoisotopic (exact) mass is 363 g/mol. The normalized spacial score (nSPS) is 13.1. The van der Waals surface area contributed by atoms with Gasteiger partial charge in [-0.05, 0) is 77.2 Å². The largest absolute Gasteiger partial charge is 0.322 e. The Kier molecular flexibility index (Phi) is 3.55. The summed E-state index contributed by atoms with van der Waals surface area (Å²) < 4.78 is 0.971. The van der Waals surface area contributed by atoms with Crippen molar-refractivity contribution in [3.63, 3.8) is 0 Å². The Bertz CT molecular complexity index is 636. The molecule has 2 aromatic carbocycles. The number of rotatable bonds is 2. The Morgan fingerprint density at radius 1 is 1.05 bits per heavy atom. The van der Waals surface area contributed by atoms with E-state index < -0.39 is 0 Å². The summed E-state index contributed by atoms with van der Waals surface area (Å²) in [6, 6.07) is 13.9. The van der Waals surface area contributed by atoms with Gasteiger partial charge < -0.3 is 5.32 Å². The number of carbonyl (C=O) groups is 1. The highest BCUT2D eigenvalue weighted by molar-refractivity contribution is 14.1. The summed E-state index contributed by atoms with van der Waals surface area (Å²) >= 11 is 2.19. The molecule has 1 N–H and O–H groups in total. The number of fused-ring (bicyclic) bond motifs is 1. The maximum atomic E-state index is 12.2. The molecule has 0 unspecified atom stereocenters. The van der Waals surface area contributed by atoms with Gasteiger partial charge in [0.2, 0.25) is 0 Å². The zero-order chi connectivity index (χ0) is 13.2. The molecular formula is C16H14INO. The highest BCUT2D eigenvalue weighted by Crippen LogP contribution is 2.25. The lowest BCUT2D eigenvalue weighted by atomic mass is 10.1. The van der Waals surface area contributed by atoms with E-state index in [1.807, 2.05) is 30.3 Å². The Morgan fingerprint density at radius 2 is 1.84 bits per heavy atom. The summed E-state index contributed by atoms with van der Waals surface area (Å²) in [6.45, 7) is 0. The number of carbonyl (C=O) groups excluding carboxylic acids is 1. The van der Waals surface area contributed by atoms with Crippen molar-refractivity contribution in [1.82, 2.24) is 0 Å². The molecule has 3 rings (SSSR count). The van der Waals surface area contributed by atoms with Crippen LogP contribution in [-0.4, -0.2) is 5.91 Å². The SMILES string of the molecule is O=C(Nc1ccc2c(c1)CCC2)c1ccccc1I. The minimum atomic E-state index is -0.0389. The van der Waals surface area contributed by atoms with Gasteiger partial charge in [-0.25, -0.2) is 0 Å².